The van der Waals surface area contributed by atoms with Crippen molar-refractivity contribution in [2.24, 2.45) is 5.92 Å². The number of halogens is 5. The third-order valence-corrected chi connectivity index (χ3v) is 5.84. The van der Waals surface area contributed by atoms with Crippen LogP contribution in [0.5, 0.6) is 11.5 Å². The normalized spacial score (nSPS) is 13.3. The Kier molecular flexibility index (Phi) is 13.1. The second-order valence-corrected chi connectivity index (χ2v) is 11.0. The Labute approximate surface area is 255 Å². The number of hydrogen-bond donors (Lipinski definition) is 4. The Morgan fingerprint density at radius 2 is 1.47 bits per heavy atom. The molecule has 16 heteroatoms. The molecule has 3 atom stereocenters. The van der Waals surface area contributed by atoms with E-state index in [4.69, 9.17) is 9.47 Å². The molecule has 4 N–H and O–H groups in total. The topological polar surface area (TPSA) is 152 Å². The van der Waals surface area contributed by atoms with Gasteiger partial charge in [-0.2, -0.15) is 8.78 Å². The molecule has 0 aromatic heterocycles. The van der Waals surface area contributed by atoms with Gasteiger partial charge >= 0.3 is 17.8 Å². The van der Waals surface area contributed by atoms with Crippen molar-refractivity contribution in [1.82, 2.24) is 10.6 Å². The van der Waals surface area contributed by atoms with E-state index in [1.54, 1.807) is 20.8 Å². The molecule has 11 nitrogen and oxygen atoms in total. The number of aliphatic hydroxyl groups excluding tert-OH is 1. The van der Waals surface area contributed by atoms with Crippen molar-refractivity contribution in [1.29, 1.82) is 0 Å². The largest absolute Gasteiger partial charge is 0.485 e. The van der Waals surface area contributed by atoms with Gasteiger partial charge in [0.1, 0.15) is 30.1 Å². The molecular formula is C29H34F5N3O8. The summed E-state index contributed by atoms with van der Waals surface area (Å²) in [6.45, 7) is 5.54. The van der Waals surface area contributed by atoms with Crippen LogP contribution in [0.1, 0.15) is 41.0 Å². The van der Waals surface area contributed by atoms with Gasteiger partial charge in [-0.1, -0.05) is 13.8 Å². The molecule has 0 aliphatic heterocycles. The molecule has 0 saturated carbocycles. The number of ether oxygens (including phenoxy) is 3. The maximum Gasteiger partial charge on any atom is 0.313 e. The van der Waals surface area contributed by atoms with Crippen molar-refractivity contribution < 1.29 is 60.4 Å². The number of hydrogen-bond acceptors (Lipinski definition) is 8. The highest BCUT2D eigenvalue weighted by Gasteiger charge is 2.33. The van der Waals surface area contributed by atoms with Crippen LogP contribution in [0.15, 0.2) is 30.3 Å². The summed E-state index contributed by atoms with van der Waals surface area (Å²) in [7, 11) is 0. The van der Waals surface area contributed by atoms with E-state index >= 15 is 0 Å². The monoisotopic (exact) mass is 647 g/mol. The summed E-state index contributed by atoms with van der Waals surface area (Å²) >= 11 is 0. The van der Waals surface area contributed by atoms with Crippen LogP contribution in [0, 0.1) is 29.2 Å². The summed E-state index contributed by atoms with van der Waals surface area (Å²) in [6, 6.07) is 2.32. The summed E-state index contributed by atoms with van der Waals surface area (Å²) in [5.41, 5.74) is -0.834. The number of rotatable bonds is 13. The van der Waals surface area contributed by atoms with Gasteiger partial charge in [-0.15, -0.1) is 0 Å². The van der Waals surface area contributed by atoms with Crippen LogP contribution in [0.2, 0.25) is 0 Å². The standard InChI is InChI=1S/C29H34F5N3O8/c1-14(2)24(37-28(42)27(41)35-15-6-8-16(9-7-15)44-13-30)26(40)36-19(11-21(39)45-29(3,4)5)20(38)12-43-25-22(33)17(31)10-18(32)23(25)34/h6-10,14,19-20,24,38H,11-13H2,1-5H3,(H,35,41)(H,36,40)(H,37,42)/t19?,20?,24-/m0/s1. The summed E-state index contributed by atoms with van der Waals surface area (Å²) in [4.78, 5) is 50.8. The molecule has 0 spiro atoms. The molecule has 2 unspecified atom stereocenters. The second kappa shape index (κ2) is 16.0. The highest BCUT2D eigenvalue weighted by molar-refractivity contribution is 6.40. The van der Waals surface area contributed by atoms with Crippen molar-refractivity contribution in [2.45, 2.75) is 64.8 Å². The van der Waals surface area contributed by atoms with Crippen LogP contribution in [0.25, 0.3) is 0 Å². The SMILES string of the molecule is CC(C)[C@H](NC(=O)C(=O)Nc1ccc(OCF)cc1)C(=O)NC(CC(=O)OC(C)(C)C)C(O)COc1c(F)c(F)cc(F)c1F. The van der Waals surface area contributed by atoms with Gasteiger partial charge in [0.2, 0.25) is 24.4 Å². The predicted octanol–water partition coefficient (Wildman–Crippen LogP) is 3.28. The van der Waals surface area contributed by atoms with Gasteiger partial charge in [-0.3, -0.25) is 19.2 Å². The van der Waals surface area contributed by atoms with E-state index in [9.17, 15) is 46.2 Å². The Hall–Kier alpha value is -4.47. The third-order valence-electron chi connectivity index (χ3n) is 5.84. The molecule has 2 aromatic carbocycles. The van der Waals surface area contributed by atoms with Crippen LogP contribution in [-0.4, -0.2) is 66.1 Å². The highest BCUT2D eigenvalue weighted by Crippen LogP contribution is 2.27. The third kappa shape index (κ3) is 11.2. The molecule has 0 aliphatic carbocycles. The van der Waals surface area contributed by atoms with Gasteiger partial charge in [0.15, 0.2) is 17.4 Å². The van der Waals surface area contributed by atoms with E-state index in [1.165, 1.54) is 38.1 Å². The molecular weight excluding hydrogens is 613 g/mol. The summed E-state index contributed by atoms with van der Waals surface area (Å²) < 4.78 is 82.2. The van der Waals surface area contributed by atoms with Crippen LogP contribution >= 0.6 is 0 Å². The van der Waals surface area contributed by atoms with E-state index in [-0.39, 0.29) is 17.5 Å². The van der Waals surface area contributed by atoms with Gasteiger partial charge in [-0.25, -0.2) is 13.2 Å². The second-order valence-electron chi connectivity index (χ2n) is 11.0. The maximum atomic E-state index is 14.0. The zero-order valence-electron chi connectivity index (χ0n) is 25.0. The number of esters is 1. The first kappa shape index (κ1) is 36.7. The number of carbonyl (C=O) groups excluding carboxylic acids is 4. The van der Waals surface area contributed by atoms with Crippen molar-refractivity contribution >= 4 is 29.4 Å². The van der Waals surface area contributed by atoms with Crippen molar-refractivity contribution in [2.75, 3.05) is 18.8 Å². The fraction of sp³-hybridized carbons (Fsp3) is 0.448. The molecule has 0 bridgehead atoms. The van der Waals surface area contributed by atoms with E-state index in [1.807, 2.05) is 0 Å². The minimum absolute atomic E-state index is 0.0419. The predicted molar refractivity (Wildman–Crippen MR) is 149 cm³/mol. The first-order valence-corrected chi connectivity index (χ1v) is 13.5. The lowest BCUT2D eigenvalue weighted by atomic mass is 10.0. The lowest BCUT2D eigenvalue weighted by molar-refractivity contribution is -0.156. The van der Waals surface area contributed by atoms with Crippen LogP contribution in [0.3, 0.4) is 0 Å². The smallest absolute Gasteiger partial charge is 0.313 e. The van der Waals surface area contributed by atoms with E-state index in [2.05, 4.69) is 20.7 Å². The molecule has 0 aliphatic rings. The van der Waals surface area contributed by atoms with Gasteiger partial charge in [0, 0.05) is 11.8 Å². The Morgan fingerprint density at radius 3 is 1.98 bits per heavy atom. The Bertz CT molecular complexity index is 1340. The van der Waals surface area contributed by atoms with E-state index < -0.39 is 102 Å². The number of amides is 3. The number of aliphatic hydroxyl groups is 1. The fourth-order valence-corrected chi connectivity index (χ4v) is 3.71. The molecule has 45 heavy (non-hydrogen) atoms. The van der Waals surface area contributed by atoms with E-state index in [0.717, 1.165) is 0 Å². The number of nitrogens with one attached hydrogen (secondary N) is 3. The zero-order valence-corrected chi connectivity index (χ0v) is 25.0. The van der Waals surface area contributed by atoms with Crippen molar-refractivity contribution in [3.8, 4) is 11.5 Å². The molecule has 2 rings (SSSR count). The molecule has 3 amide bonds. The lowest BCUT2D eigenvalue weighted by Crippen LogP contribution is -2.57. The summed E-state index contributed by atoms with van der Waals surface area (Å²) in [5.74, 6) is -13.6. The van der Waals surface area contributed by atoms with Gasteiger partial charge in [0.05, 0.1) is 12.5 Å². The molecule has 0 saturated heterocycles. The zero-order chi connectivity index (χ0) is 34.1. The van der Waals surface area contributed by atoms with Crippen LogP contribution in [0.4, 0.5) is 27.6 Å². The summed E-state index contributed by atoms with van der Waals surface area (Å²) in [6.07, 6.45) is -2.63. The molecule has 0 radical (unpaired) electrons. The van der Waals surface area contributed by atoms with Crippen molar-refractivity contribution in [3.05, 3.63) is 53.6 Å². The highest BCUT2D eigenvalue weighted by atomic mass is 19.2. The number of benzene rings is 2. The molecule has 0 fully saturated rings. The average Bonchev–Trinajstić information content (AvgIpc) is 2.94. The lowest BCUT2D eigenvalue weighted by Gasteiger charge is -2.29. The number of alkyl halides is 1. The first-order chi connectivity index (χ1) is 20.9. The fourth-order valence-electron chi connectivity index (χ4n) is 3.71. The minimum Gasteiger partial charge on any atom is -0.485 e. The maximum absolute atomic E-state index is 14.0. The average molecular weight is 648 g/mol. The quantitative estimate of drug-likeness (QED) is 0.112. The van der Waals surface area contributed by atoms with Crippen molar-refractivity contribution in [3.63, 3.8) is 0 Å². The molecule has 248 valence electrons. The number of carbonyl (C=O) groups is 4. The molecule has 0 heterocycles. The Morgan fingerprint density at radius 1 is 0.889 bits per heavy atom. The Balaban J connectivity index is 2.19. The minimum atomic E-state index is -1.91. The summed E-state index contributed by atoms with van der Waals surface area (Å²) in [5, 5.41) is 17.6. The van der Waals surface area contributed by atoms with Crippen LogP contribution in [-0.2, 0) is 23.9 Å². The molecule has 2 aromatic rings. The first-order valence-electron chi connectivity index (χ1n) is 13.5. The van der Waals surface area contributed by atoms with Gasteiger partial charge < -0.3 is 35.3 Å². The van der Waals surface area contributed by atoms with Gasteiger partial charge in [-0.05, 0) is 51.0 Å². The number of anilines is 1. The van der Waals surface area contributed by atoms with Gasteiger partial charge in [0.25, 0.3) is 0 Å². The van der Waals surface area contributed by atoms with Crippen LogP contribution < -0.4 is 25.4 Å². The van der Waals surface area contributed by atoms with E-state index in [0.29, 0.717) is 0 Å².